The number of benzene rings is 2. The number of rotatable bonds is 3. The highest BCUT2D eigenvalue weighted by molar-refractivity contribution is 6.36. The van der Waals surface area contributed by atoms with E-state index >= 15 is 0 Å². The first-order chi connectivity index (χ1) is 9.88. The summed E-state index contributed by atoms with van der Waals surface area (Å²) in [5, 5.41) is 3.63. The second kappa shape index (κ2) is 6.24. The molecule has 0 aliphatic heterocycles. The van der Waals surface area contributed by atoms with Crippen LogP contribution >= 0.6 is 23.2 Å². The van der Waals surface area contributed by atoms with Gasteiger partial charge in [-0.1, -0.05) is 23.2 Å². The number of nitrogens with two attached hydrogens (primary N) is 1. The smallest absolute Gasteiger partial charge is 0.255 e. The summed E-state index contributed by atoms with van der Waals surface area (Å²) < 4.78 is 0. The number of anilines is 3. The molecule has 0 aliphatic rings. The number of hydrogen-bond acceptors (Lipinski definition) is 3. The first kappa shape index (κ1) is 15.5. The number of carbonyl (C=O) groups is 1. The minimum atomic E-state index is -0.281. The third-order valence-electron chi connectivity index (χ3n) is 2.95. The summed E-state index contributed by atoms with van der Waals surface area (Å²) >= 11 is 11.8. The van der Waals surface area contributed by atoms with Crippen molar-refractivity contribution in [3.05, 3.63) is 52.0 Å². The van der Waals surface area contributed by atoms with Crippen LogP contribution in [0.25, 0.3) is 0 Å². The van der Waals surface area contributed by atoms with Gasteiger partial charge in [-0.25, -0.2) is 0 Å². The molecule has 0 unspecified atom stereocenters. The fourth-order valence-corrected chi connectivity index (χ4v) is 2.34. The second-order valence-electron chi connectivity index (χ2n) is 4.75. The Morgan fingerprint density at radius 3 is 2.43 bits per heavy atom. The van der Waals surface area contributed by atoms with Crippen LogP contribution in [-0.2, 0) is 0 Å². The molecule has 21 heavy (non-hydrogen) atoms. The monoisotopic (exact) mass is 323 g/mol. The zero-order valence-corrected chi connectivity index (χ0v) is 13.2. The standard InChI is InChI=1S/C15H15Cl2N3O/c1-20(2)14-6-3-9(7-12(14)18)15(21)19-13-5-4-10(16)8-11(13)17/h3-8H,18H2,1-2H3,(H,19,21). The van der Waals surface area contributed by atoms with Crippen LogP contribution in [0, 0.1) is 0 Å². The molecular weight excluding hydrogens is 309 g/mol. The third-order valence-corrected chi connectivity index (χ3v) is 3.50. The molecular formula is C15H15Cl2N3O. The number of nitrogen functional groups attached to an aromatic ring is 1. The molecule has 0 saturated carbocycles. The molecule has 0 fully saturated rings. The third kappa shape index (κ3) is 3.60. The van der Waals surface area contributed by atoms with Gasteiger partial charge < -0.3 is 16.0 Å². The molecule has 2 aromatic rings. The lowest BCUT2D eigenvalue weighted by Crippen LogP contribution is -2.15. The lowest BCUT2D eigenvalue weighted by atomic mass is 10.1. The predicted molar refractivity (Wildman–Crippen MR) is 89.6 cm³/mol. The van der Waals surface area contributed by atoms with E-state index in [-0.39, 0.29) is 5.91 Å². The highest BCUT2D eigenvalue weighted by Crippen LogP contribution is 2.27. The SMILES string of the molecule is CN(C)c1ccc(C(=O)Nc2ccc(Cl)cc2Cl)cc1N. The number of halogens is 2. The minimum absolute atomic E-state index is 0.281. The van der Waals surface area contributed by atoms with Gasteiger partial charge in [-0.2, -0.15) is 0 Å². The Bertz CT molecular complexity index is 687. The molecule has 0 atom stereocenters. The summed E-state index contributed by atoms with van der Waals surface area (Å²) in [7, 11) is 3.78. The summed E-state index contributed by atoms with van der Waals surface area (Å²) in [6.07, 6.45) is 0. The number of amides is 1. The number of nitrogens with one attached hydrogen (secondary N) is 1. The molecule has 0 radical (unpaired) electrons. The lowest BCUT2D eigenvalue weighted by Gasteiger charge is -2.16. The van der Waals surface area contributed by atoms with Crippen molar-refractivity contribution < 1.29 is 4.79 Å². The van der Waals surface area contributed by atoms with E-state index in [2.05, 4.69) is 5.32 Å². The van der Waals surface area contributed by atoms with Crippen LogP contribution < -0.4 is 16.0 Å². The summed E-state index contributed by atoms with van der Waals surface area (Å²) in [6, 6.07) is 10.0. The molecule has 4 nitrogen and oxygen atoms in total. The zero-order chi connectivity index (χ0) is 15.6. The molecule has 3 N–H and O–H groups in total. The van der Waals surface area contributed by atoms with Gasteiger partial charge in [0.1, 0.15) is 0 Å². The molecule has 2 rings (SSSR count). The van der Waals surface area contributed by atoms with Crippen LogP contribution in [0.3, 0.4) is 0 Å². The van der Waals surface area contributed by atoms with Crippen LogP contribution in [0.4, 0.5) is 17.1 Å². The van der Waals surface area contributed by atoms with Crippen molar-refractivity contribution in [2.45, 2.75) is 0 Å². The van der Waals surface area contributed by atoms with Crippen molar-refractivity contribution in [2.75, 3.05) is 30.0 Å². The van der Waals surface area contributed by atoms with E-state index in [1.165, 1.54) is 0 Å². The van der Waals surface area contributed by atoms with Crippen LogP contribution in [-0.4, -0.2) is 20.0 Å². The van der Waals surface area contributed by atoms with E-state index in [1.807, 2.05) is 19.0 Å². The van der Waals surface area contributed by atoms with E-state index in [1.54, 1.807) is 36.4 Å². The van der Waals surface area contributed by atoms with Crippen LogP contribution in [0.1, 0.15) is 10.4 Å². The van der Waals surface area contributed by atoms with Gasteiger partial charge in [-0.15, -0.1) is 0 Å². The highest BCUT2D eigenvalue weighted by Gasteiger charge is 2.11. The fraction of sp³-hybridized carbons (Fsp3) is 0.133. The summed E-state index contributed by atoms with van der Waals surface area (Å²) in [4.78, 5) is 14.1. The maximum atomic E-state index is 12.2. The van der Waals surface area contributed by atoms with Gasteiger partial charge >= 0.3 is 0 Å². The summed E-state index contributed by atoms with van der Waals surface area (Å²) in [5.74, 6) is -0.281. The van der Waals surface area contributed by atoms with Gasteiger partial charge in [0, 0.05) is 24.7 Å². The number of nitrogens with zero attached hydrogens (tertiary/aromatic N) is 1. The van der Waals surface area contributed by atoms with E-state index in [9.17, 15) is 4.79 Å². The molecule has 110 valence electrons. The normalized spacial score (nSPS) is 10.3. The van der Waals surface area contributed by atoms with Gasteiger partial charge in [0.25, 0.3) is 5.91 Å². The minimum Gasteiger partial charge on any atom is -0.397 e. The van der Waals surface area contributed by atoms with E-state index in [0.717, 1.165) is 5.69 Å². The maximum Gasteiger partial charge on any atom is 0.255 e. The quantitative estimate of drug-likeness (QED) is 0.842. The van der Waals surface area contributed by atoms with E-state index < -0.39 is 0 Å². The highest BCUT2D eigenvalue weighted by atomic mass is 35.5. The van der Waals surface area contributed by atoms with Crippen molar-refractivity contribution >= 4 is 46.2 Å². The number of carbonyl (C=O) groups excluding carboxylic acids is 1. The van der Waals surface area contributed by atoms with Crippen LogP contribution in [0.2, 0.25) is 10.0 Å². The Labute approximate surface area is 133 Å². The molecule has 0 bridgehead atoms. The van der Waals surface area contributed by atoms with Gasteiger partial charge in [-0.05, 0) is 36.4 Å². The van der Waals surface area contributed by atoms with Crippen molar-refractivity contribution in [3.63, 3.8) is 0 Å². The fourth-order valence-electron chi connectivity index (χ4n) is 1.89. The predicted octanol–water partition coefficient (Wildman–Crippen LogP) is 3.89. The second-order valence-corrected chi connectivity index (χ2v) is 5.59. The van der Waals surface area contributed by atoms with Crippen molar-refractivity contribution in [1.82, 2.24) is 0 Å². The summed E-state index contributed by atoms with van der Waals surface area (Å²) in [6.45, 7) is 0. The van der Waals surface area contributed by atoms with Crippen molar-refractivity contribution in [3.8, 4) is 0 Å². The molecule has 0 saturated heterocycles. The maximum absolute atomic E-state index is 12.2. The summed E-state index contributed by atoms with van der Waals surface area (Å²) in [5.41, 5.74) is 8.30. The van der Waals surface area contributed by atoms with Gasteiger partial charge in [0.05, 0.1) is 22.1 Å². The average Bonchev–Trinajstić information content (AvgIpc) is 2.41. The van der Waals surface area contributed by atoms with Gasteiger partial charge in [0.15, 0.2) is 0 Å². The first-order valence-electron chi connectivity index (χ1n) is 6.21. The molecule has 2 aromatic carbocycles. The molecule has 0 heterocycles. The molecule has 6 heteroatoms. The zero-order valence-electron chi connectivity index (χ0n) is 11.7. The Hall–Kier alpha value is -1.91. The Balaban J connectivity index is 2.22. The number of hydrogen-bond donors (Lipinski definition) is 2. The Morgan fingerprint density at radius 1 is 1.14 bits per heavy atom. The first-order valence-corrected chi connectivity index (χ1v) is 6.97. The molecule has 1 amide bonds. The van der Waals surface area contributed by atoms with E-state index in [0.29, 0.717) is 27.0 Å². The van der Waals surface area contributed by atoms with Crippen LogP contribution in [0.5, 0.6) is 0 Å². The van der Waals surface area contributed by atoms with Gasteiger partial charge in [0.2, 0.25) is 0 Å². The van der Waals surface area contributed by atoms with Gasteiger partial charge in [-0.3, -0.25) is 4.79 Å². The van der Waals surface area contributed by atoms with Crippen molar-refractivity contribution in [1.29, 1.82) is 0 Å². The molecule has 0 aliphatic carbocycles. The average molecular weight is 324 g/mol. The topological polar surface area (TPSA) is 58.4 Å². The lowest BCUT2D eigenvalue weighted by molar-refractivity contribution is 0.102. The molecule has 0 aromatic heterocycles. The van der Waals surface area contributed by atoms with Crippen molar-refractivity contribution in [2.24, 2.45) is 0 Å². The molecule has 0 spiro atoms. The van der Waals surface area contributed by atoms with Crippen LogP contribution in [0.15, 0.2) is 36.4 Å². The Morgan fingerprint density at radius 2 is 1.86 bits per heavy atom. The van der Waals surface area contributed by atoms with E-state index in [4.69, 9.17) is 28.9 Å². The Kier molecular flexibility index (Phi) is 4.60. The largest absolute Gasteiger partial charge is 0.397 e.